The van der Waals surface area contributed by atoms with Gasteiger partial charge in [0.05, 0.1) is 11.2 Å². The molecule has 2 rings (SSSR count). The van der Waals surface area contributed by atoms with E-state index in [1.807, 2.05) is 5.51 Å². The van der Waals surface area contributed by atoms with Crippen molar-refractivity contribution in [3.8, 4) is 0 Å². The van der Waals surface area contributed by atoms with Gasteiger partial charge in [0.15, 0.2) is 0 Å². The molecule has 1 aliphatic heterocycles. The summed E-state index contributed by atoms with van der Waals surface area (Å²) >= 11 is 1.69. The fourth-order valence-corrected chi connectivity index (χ4v) is 3.17. The van der Waals surface area contributed by atoms with E-state index in [1.165, 1.54) is 31.5 Å². The summed E-state index contributed by atoms with van der Waals surface area (Å²) in [5.41, 5.74) is 3.46. The molecule has 1 aromatic heterocycles. The van der Waals surface area contributed by atoms with Crippen LogP contribution in [0.4, 0.5) is 0 Å². The Morgan fingerprint density at radius 3 is 2.94 bits per heavy atom. The summed E-state index contributed by atoms with van der Waals surface area (Å²) in [4.78, 5) is 6.95. The lowest BCUT2D eigenvalue weighted by Gasteiger charge is -2.35. The first-order valence-electron chi connectivity index (χ1n) is 6.62. The third-order valence-electron chi connectivity index (χ3n) is 3.90. The molecule has 0 amide bonds. The van der Waals surface area contributed by atoms with Crippen LogP contribution in [0.5, 0.6) is 0 Å². The van der Waals surface area contributed by atoms with Gasteiger partial charge in [-0.25, -0.2) is 4.98 Å². The molecule has 1 aromatic rings. The number of hydrogen-bond donors (Lipinski definition) is 1. The molecule has 0 bridgehead atoms. The Kier molecular flexibility index (Phi) is 4.54. The van der Waals surface area contributed by atoms with E-state index >= 15 is 0 Å². The minimum Gasteiger partial charge on any atom is -0.310 e. The SMILES string of the molecule is CCC1(CC)CN(Cc2cscn2)CCCN1. The Labute approximate surface area is 108 Å². The molecule has 0 spiro atoms. The molecule has 0 aromatic carbocycles. The van der Waals surface area contributed by atoms with E-state index < -0.39 is 0 Å². The molecular formula is C13H23N3S. The first-order valence-corrected chi connectivity index (χ1v) is 7.57. The number of hydrogen-bond acceptors (Lipinski definition) is 4. The van der Waals surface area contributed by atoms with E-state index in [9.17, 15) is 0 Å². The lowest BCUT2D eigenvalue weighted by molar-refractivity contribution is 0.190. The predicted octanol–water partition coefficient (Wildman–Crippen LogP) is 2.50. The van der Waals surface area contributed by atoms with Gasteiger partial charge in [0, 0.05) is 24.0 Å². The molecule has 0 unspecified atom stereocenters. The van der Waals surface area contributed by atoms with Crippen molar-refractivity contribution < 1.29 is 0 Å². The molecule has 96 valence electrons. The second-order valence-corrected chi connectivity index (χ2v) is 5.68. The maximum absolute atomic E-state index is 4.40. The minimum atomic E-state index is 0.312. The van der Waals surface area contributed by atoms with Gasteiger partial charge in [-0.3, -0.25) is 4.90 Å². The number of nitrogens with one attached hydrogen (secondary N) is 1. The van der Waals surface area contributed by atoms with Crippen molar-refractivity contribution in [1.82, 2.24) is 15.2 Å². The lowest BCUT2D eigenvalue weighted by atomic mass is 9.92. The Morgan fingerprint density at radius 1 is 1.47 bits per heavy atom. The van der Waals surface area contributed by atoms with E-state index in [-0.39, 0.29) is 0 Å². The van der Waals surface area contributed by atoms with Crippen LogP contribution in [0, 0.1) is 0 Å². The molecule has 17 heavy (non-hydrogen) atoms. The molecule has 0 radical (unpaired) electrons. The molecule has 4 heteroatoms. The Balaban J connectivity index is 2.01. The Hall–Kier alpha value is -0.450. The first kappa shape index (κ1) is 13.0. The van der Waals surface area contributed by atoms with Crippen LogP contribution in [0.2, 0.25) is 0 Å². The summed E-state index contributed by atoms with van der Waals surface area (Å²) < 4.78 is 0. The molecule has 2 heterocycles. The molecule has 3 nitrogen and oxygen atoms in total. The summed E-state index contributed by atoms with van der Waals surface area (Å²) in [6.45, 7) is 9.08. The summed E-state index contributed by atoms with van der Waals surface area (Å²) in [7, 11) is 0. The molecule has 1 aliphatic rings. The number of nitrogens with zero attached hydrogens (tertiary/aromatic N) is 2. The number of rotatable bonds is 4. The molecule has 1 N–H and O–H groups in total. The number of thiazole rings is 1. The van der Waals surface area contributed by atoms with Crippen molar-refractivity contribution >= 4 is 11.3 Å². The summed E-state index contributed by atoms with van der Waals surface area (Å²) in [5, 5.41) is 5.91. The van der Waals surface area contributed by atoms with Crippen LogP contribution in [-0.4, -0.2) is 35.1 Å². The second kappa shape index (κ2) is 5.94. The molecule has 0 aliphatic carbocycles. The molecular weight excluding hydrogens is 230 g/mol. The highest BCUT2D eigenvalue weighted by molar-refractivity contribution is 7.07. The van der Waals surface area contributed by atoms with Crippen molar-refractivity contribution in [2.45, 2.75) is 45.2 Å². The quantitative estimate of drug-likeness (QED) is 0.893. The lowest BCUT2D eigenvalue weighted by Crippen LogP contribution is -2.50. The van der Waals surface area contributed by atoms with E-state index in [0.29, 0.717) is 5.54 Å². The topological polar surface area (TPSA) is 28.2 Å². The summed E-state index contributed by atoms with van der Waals surface area (Å²) in [5.74, 6) is 0. The summed E-state index contributed by atoms with van der Waals surface area (Å²) in [6, 6.07) is 0. The van der Waals surface area contributed by atoms with E-state index in [4.69, 9.17) is 0 Å². The van der Waals surface area contributed by atoms with E-state index in [2.05, 4.69) is 34.4 Å². The Morgan fingerprint density at radius 2 is 2.29 bits per heavy atom. The molecule has 1 fully saturated rings. The zero-order valence-electron chi connectivity index (χ0n) is 10.9. The maximum Gasteiger partial charge on any atom is 0.0795 e. The fraction of sp³-hybridized carbons (Fsp3) is 0.769. The van der Waals surface area contributed by atoms with E-state index in [0.717, 1.165) is 19.6 Å². The van der Waals surface area contributed by atoms with Gasteiger partial charge >= 0.3 is 0 Å². The average molecular weight is 253 g/mol. The predicted molar refractivity (Wildman–Crippen MR) is 73.3 cm³/mol. The van der Waals surface area contributed by atoms with Crippen LogP contribution in [0.25, 0.3) is 0 Å². The second-order valence-electron chi connectivity index (χ2n) is 4.96. The normalized spacial score (nSPS) is 21.3. The van der Waals surface area contributed by atoms with Crippen LogP contribution in [-0.2, 0) is 6.54 Å². The maximum atomic E-state index is 4.40. The van der Waals surface area contributed by atoms with Crippen molar-refractivity contribution in [2.24, 2.45) is 0 Å². The van der Waals surface area contributed by atoms with Crippen LogP contribution in [0.15, 0.2) is 10.9 Å². The molecule has 0 saturated carbocycles. The highest BCUT2D eigenvalue weighted by Gasteiger charge is 2.30. The number of aromatic nitrogens is 1. The van der Waals surface area contributed by atoms with Crippen LogP contribution >= 0.6 is 11.3 Å². The van der Waals surface area contributed by atoms with Gasteiger partial charge in [0.25, 0.3) is 0 Å². The van der Waals surface area contributed by atoms with Gasteiger partial charge in [-0.15, -0.1) is 11.3 Å². The third-order valence-corrected chi connectivity index (χ3v) is 4.54. The van der Waals surface area contributed by atoms with Gasteiger partial charge in [-0.2, -0.15) is 0 Å². The Bertz CT molecular complexity index is 319. The van der Waals surface area contributed by atoms with Gasteiger partial charge in [-0.05, 0) is 32.4 Å². The highest BCUT2D eigenvalue weighted by atomic mass is 32.1. The van der Waals surface area contributed by atoms with Crippen molar-refractivity contribution in [1.29, 1.82) is 0 Å². The van der Waals surface area contributed by atoms with Crippen LogP contribution in [0.1, 0.15) is 38.8 Å². The van der Waals surface area contributed by atoms with Gasteiger partial charge in [0.1, 0.15) is 0 Å². The van der Waals surface area contributed by atoms with Gasteiger partial charge in [0.2, 0.25) is 0 Å². The zero-order chi connectivity index (χ0) is 12.1. The van der Waals surface area contributed by atoms with Crippen LogP contribution in [0.3, 0.4) is 0 Å². The fourth-order valence-electron chi connectivity index (χ4n) is 2.62. The average Bonchev–Trinajstić information content (AvgIpc) is 2.76. The molecule has 1 saturated heterocycles. The van der Waals surface area contributed by atoms with E-state index in [1.54, 1.807) is 11.3 Å². The molecule has 0 atom stereocenters. The zero-order valence-corrected chi connectivity index (χ0v) is 11.7. The van der Waals surface area contributed by atoms with Crippen LogP contribution < -0.4 is 5.32 Å². The largest absolute Gasteiger partial charge is 0.310 e. The van der Waals surface area contributed by atoms with Crippen molar-refractivity contribution in [2.75, 3.05) is 19.6 Å². The monoisotopic (exact) mass is 253 g/mol. The van der Waals surface area contributed by atoms with Gasteiger partial charge < -0.3 is 5.32 Å². The van der Waals surface area contributed by atoms with Crippen molar-refractivity contribution in [3.05, 3.63) is 16.6 Å². The first-order chi connectivity index (χ1) is 8.28. The standard InChI is InChI=1S/C13H23N3S/c1-3-13(4-2)10-16(7-5-6-15-13)8-12-9-17-11-14-12/h9,11,15H,3-8,10H2,1-2H3. The minimum absolute atomic E-state index is 0.312. The van der Waals surface area contributed by atoms with Gasteiger partial charge in [-0.1, -0.05) is 13.8 Å². The smallest absolute Gasteiger partial charge is 0.0795 e. The highest BCUT2D eigenvalue weighted by Crippen LogP contribution is 2.21. The van der Waals surface area contributed by atoms with Crippen molar-refractivity contribution in [3.63, 3.8) is 0 Å². The summed E-state index contributed by atoms with van der Waals surface area (Å²) in [6.07, 6.45) is 3.65. The third kappa shape index (κ3) is 3.27.